The van der Waals surface area contributed by atoms with Gasteiger partial charge in [0, 0.05) is 11.4 Å². The van der Waals surface area contributed by atoms with Gasteiger partial charge in [-0.25, -0.2) is 0 Å². The average Bonchev–Trinajstić information content (AvgIpc) is 2.76. The molecule has 2 N–H and O–H groups in total. The number of fused-ring (bicyclic) bond motifs is 1. The van der Waals surface area contributed by atoms with E-state index >= 15 is 0 Å². The predicted octanol–water partition coefficient (Wildman–Crippen LogP) is 2.52. The first-order valence-electron chi connectivity index (χ1n) is 7.18. The van der Waals surface area contributed by atoms with Crippen molar-refractivity contribution < 1.29 is 9.90 Å². The Morgan fingerprint density at radius 1 is 1.58 bits per heavy atom. The fraction of sp³-hybridized carbons (Fsp3) is 0.667. The molecule has 1 aromatic rings. The quantitative estimate of drug-likeness (QED) is 0.893. The highest BCUT2D eigenvalue weighted by Gasteiger charge is 2.34. The molecule has 1 aromatic heterocycles. The summed E-state index contributed by atoms with van der Waals surface area (Å²) in [6.45, 7) is 2.66. The maximum absolute atomic E-state index is 12.1. The smallest absolute Gasteiger partial charge is 0.261 e. The molecule has 19 heavy (non-hydrogen) atoms. The second-order valence-corrected chi connectivity index (χ2v) is 7.30. The van der Waals surface area contributed by atoms with E-state index in [2.05, 4.69) is 18.3 Å². The van der Waals surface area contributed by atoms with Crippen LogP contribution in [0.4, 0.5) is 0 Å². The Kier molecular flexibility index (Phi) is 3.39. The van der Waals surface area contributed by atoms with Gasteiger partial charge < -0.3 is 10.4 Å². The highest BCUT2D eigenvalue weighted by molar-refractivity contribution is 7.14. The third kappa shape index (κ3) is 2.70. The van der Waals surface area contributed by atoms with Crippen molar-refractivity contribution in [3.63, 3.8) is 0 Å². The number of hydrogen-bond acceptors (Lipinski definition) is 3. The van der Waals surface area contributed by atoms with Crippen LogP contribution in [0.5, 0.6) is 0 Å². The van der Waals surface area contributed by atoms with Gasteiger partial charge in [0.05, 0.1) is 10.5 Å². The molecule has 0 spiro atoms. The molecular formula is C15H21NO2S. The molecule has 3 nitrogen and oxygen atoms in total. The van der Waals surface area contributed by atoms with Crippen LogP contribution in [0.2, 0.25) is 0 Å². The molecule has 104 valence electrons. The molecule has 1 heterocycles. The van der Waals surface area contributed by atoms with Crippen LogP contribution in [-0.2, 0) is 12.8 Å². The maximum atomic E-state index is 12.1. The molecule has 4 heteroatoms. The SMILES string of the molecule is CC1CCc2sc(C(=O)NCC3(O)CCC3)cc2C1. The zero-order valence-corrected chi connectivity index (χ0v) is 12.2. The van der Waals surface area contributed by atoms with Crippen molar-refractivity contribution in [1.82, 2.24) is 5.32 Å². The van der Waals surface area contributed by atoms with E-state index in [1.165, 1.54) is 16.9 Å². The van der Waals surface area contributed by atoms with Gasteiger partial charge in [-0.15, -0.1) is 11.3 Å². The summed E-state index contributed by atoms with van der Waals surface area (Å²) in [6, 6.07) is 2.05. The molecule has 0 radical (unpaired) electrons. The number of thiophene rings is 1. The number of aliphatic hydroxyl groups is 1. The molecule has 1 amide bonds. The molecule has 0 bridgehead atoms. The van der Waals surface area contributed by atoms with E-state index in [9.17, 15) is 9.90 Å². The first-order chi connectivity index (χ1) is 9.06. The monoisotopic (exact) mass is 279 g/mol. The van der Waals surface area contributed by atoms with Gasteiger partial charge in [0.2, 0.25) is 0 Å². The zero-order chi connectivity index (χ0) is 13.5. The van der Waals surface area contributed by atoms with Crippen molar-refractivity contribution in [3.8, 4) is 0 Å². The van der Waals surface area contributed by atoms with E-state index in [0.717, 1.165) is 42.9 Å². The highest BCUT2D eigenvalue weighted by atomic mass is 32.1. The minimum absolute atomic E-state index is 0.0209. The summed E-state index contributed by atoms with van der Waals surface area (Å²) < 4.78 is 0. The molecule has 0 aromatic carbocycles. The van der Waals surface area contributed by atoms with Crippen LogP contribution in [0.15, 0.2) is 6.07 Å². The molecule has 1 saturated carbocycles. The topological polar surface area (TPSA) is 49.3 Å². The van der Waals surface area contributed by atoms with E-state index in [-0.39, 0.29) is 5.91 Å². The number of carbonyl (C=O) groups excluding carboxylic acids is 1. The number of carbonyl (C=O) groups is 1. The van der Waals surface area contributed by atoms with E-state index < -0.39 is 5.60 Å². The van der Waals surface area contributed by atoms with Gasteiger partial charge in [-0.3, -0.25) is 4.79 Å². The summed E-state index contributed by atoms with van der Waals surface area (Å²) >= 11 is 1.63. The number of rotatable bonds is 3. The van der Waals surface area contributed by atoms with E-state index in [1.807, 2.05) is 0 Å². The summed E-state index contributed by atoms with van der Waals surface area (Å²) in [5.41, 5.74) is 0.720. The van der Waals surface area contributed by atoms with Crippen molar-refractivity contribution in [2.45, 2.75) is 51.0 Å². The van der Waals surface area contributed by atoms with Gasteiger partial charge in [-0.05, 0) is 56.1 Å². The second kappa shape index (κ2) is 4.91. The lowest BCUT2D eigenvalue weighted by Crippen LogP contribution is -2.47. The zero-order valence-electron chi connectivity index (χ0n) is 11.4. The normalized spacial score (nSPS) is 24.4. The van der Waals surface area contributed by atoms with Crippen LogP contribution in [0.25, 0.3) is 0 Å². The molecule has 2 aliphatic carbocycles. The lowest BCUT2D eigenvalue weighted by molar-refractivity contribution is -0.0300. The minimum atomic E-state index is -0.638. The lowest BCUT2D eigenvalue weighted by Gasteiger charge is -2.36. The minimum Gasteiger partial charge on any atom is -0.388 e. The Bertz CT molecular complexity index is 490. The Balaban J connectivity index is 1.64. The molecule has 0 aliphatic heterocycles. The molecule has 1 fully saturated rings. The first-order valence-corrected chi connectivity index (χ1v) is 7.99. The van der Waals surface area contributed by atoms with Gasteiger partial charge in [0.25, 0.3) is 5.91 Å². The van der Waals surface area contributed by atoms with Gasteiger partial charge in [0.1, 0.15) is 0 Å². The lowest BCUT2D eigenvalue weighted by atomic mass is 9.80. The van der Waals surface area contributed by atoms with Crippen LogP contribution < -0.4 is 5.32 Å². The summed E-state index contributed by atoms with van der Waals surface area (Å²) in [4.78, 5) is 14.3. The molecule has 3 rings (SSSR count). The average molecular weight is 279 g/mol. The summed E-state index contributed by atoms with van der Waals surface area (Å²) in [5, 5.41) is 12.9. The Morgan fingerprint density at radius 3 is 3.05 bits per heavy atom. The van der Waals surface area contributed by atoms with Crippen molar-refractivity contribution >= 4 is 17.2 Å². The van der Waals surface area contributed by atoms with Crippen LogP contribution in [-0.4, -0.2) is 23.2 Å². The number of amides is 1. The van der Waals surface area contributed by atoms with Crippen LogP contribution in [0.3, 0.4) is 0 Å². The Hall–Kier alpha value is -0.870. The predicted molar refractivity (Wildman–Crippen MR) is 76.6 cm³/mol. The number of nitrogens with one attached hydrogen (secondary N) is 1. The number of hydrogen-bond donors (Lipinski definition) is 2. The molecule has 1 unspecified atom stereocenters. The maximum Gasteiger partial charge on any atom is 0.261 e. The fourth-order valence-corrected chi connectivity index (χ4v) is 4.04. The summed E-state index contributed by atoms with van der Waals surface area (Å²) in [6.07, 6.45) is 6.13. The van der Waals surface area contributed by atoms with Crippen LogP contribution in [0.1, 0.15) is 52.7 Å². The third-order valence-electron chi connectivity index (χ3n) is 4.42. The third-order valence-corrected chi connectivity index (χ3v) is 5.65. The van der Waals surface area contributed by atoms with E-state index in [1.54, 1.807) is 11.3 Å². The molecule has 1 atom stereocenters. The fourth-order valence-electron chi connectivity index (χ4n) is 2.91. The van der Waals surface area contributed by atoms with E-state index in [0.29, 0.717) is 6.54 Å². The highest BCUT2D eigenvalue weighted by Crippen LogP contribution is 2.33. The largest absolute Gasteiger partial charge is 0.388 e. The van der Waals surface area contributed by atoms with Gasteiger partial charge >= 0.3 is 0 Å². The van der Waals surface area contributed by atoms with E-state index in [4.69, 9.17) is 0 Å². The Morgan fingerprint density at radius 2 is 2.37 bits per heavy atom. The molecule has 2 aliphatic rings. The molecular weight excluding hydrogens is 258 g/mol. The van der Waals surface area contributed by atoms with Crippen LogP contribution in [0, 0.1) is 5.92 Å². The van der Waals surface area contributed by atoms with Crippen molar-refractivity contribution in [2.75, 3.05) is 6.54 Å². The summed E-state index contributed by atoms with van der Waals surface area (Å²) in [7, 11) is 0. The first kappa shape index (κ1) is 13.1. The number of aryl methyl sites for hydroxylation is 1. The molecule has 0 saturated heterocycles. The van der Waals surface area contributed by atoms with Gasteiger partial charge in [-0.2, -0.15) is 0 Å². The van der Waals surface area contributed by atoms with Crippen LogP contribution >= 0.6 is 11.3 Å². The Labute approximate surface area is 118 Å². The van der Waals surface area contributed by atoms with Crippen molar-refractivity contribution in [1.29, 1.82) is 0 Å². The standard InChI is InChI=1S/C15H21NO2S/c1-10-3-4-12-11(7-10)8-13(19-12)14(17)16-9-15(18)5-2-6-15/h8,10,18H,2-7,9H2,1H3,(H,16,17). The van der Waals surface area contributed by atoms with Gasteiger partial charge in [0.15, 0.2) is 0 Å². The van der Waals surface area contributed by atoms with Crippen molar-refractivity contribution in [2.24, 2.45) is 5.92 Å². The van der Waals surface area contributed by atoms with Crippen molar-refractivity contribution in [3.05, 3.63) is 21.4 Å². The second-order valence-electron chi connectivity index (χ2n) is 6.17. The summed E-state index contributed by atoms with van der Waals surface area (Å²) in [5.74, 6) is 0.709. The van der Waals surface area contributed by atoms with Gasteiger partial charge in [-0.1, -0.05) is 6.92 Å².